The Morgan fingerprint density at radius 2 is 1.76 bits per heavy atom. The van der Waals surface area contributed by atoms with Gasteiger partial charge in [-0.05, 0) is 38.5 Å². The van der Waals surface area contributed by atoms with Gasteiger partial charge in [-0.2, -0.15) is 0 Å². The van der Waals surface area contributed by atoms with Crippen LogP contribution in [0.4, 0.5) is 0 Å². The maximum Gasteiger partial charge on any atom is 0.310 e. The second-order valence-corrected chi connectivity index (χ2v) is 6.49. The summed E-state index contributed by atoms with van der Waals surface area (Å²) in [4.78, 5) is 26.2. The molecule has 0 spiro atoms. The molecule has 2 aliphatic rings. The van der Waals surface area contributed by atoms with E-state index in [9.17, 15) is 9.59 Å². The molecule has 0 N–H and O–H groups in total. The highest BCUT2D eigenvalue weighted by Gasteiger charge is 2.30. The van der Waals surface area contributed by atoms with Gasteiger partial charge in [-0.15, -0.1) is 0 Å². The standard InChI is InChI=1S/C17H29NO3/c1-2-21-17(20)15-10-7-11-18(13-15)16(19)12-14-8-5-3-4-6-9-14/h14-15H,2-13H2,1H3/t15-/m0/s1. The predicted molar refractivity (Wildman–Crippen MR) is 81.7 cm³/mol. The van der Waals surface area contributed by atoms with E-state index in [0.717, 1.165) is 19.4 Å². The minimum atomic E-state index is -0.135. The average molecular weight is 295 g/mol. The molecule has 0 bridgehead atoms. The molecule has 0 aromatic carbocycles. The van der Waals surface area contributed by atoms with Gasteiger partial charge < -0.3 is 9.64 Å². The normalized spacial score (nSPS) is 24.4. The van der Waals surface area contributed by atoms with E-state index in [-0.39, 0.29) is 17.8 Å². The van der Waals surface area contributed by atoms with Gasteiger partial charge in [0.25, 0.3) is 0 Å². The van der Waals surface area contributed by atoms with Gasteiger partial charge in [-0.25, -0.2) is 0 Å². The van der Waals surface area contributed by atoms with Crippen molar-refractivity contribution in [2.45, 2.75) is 64.7 Å². The first-order chi connectivity index (χ1) is 10.2. The van der Waals surface area contributed by atoms with Crippen LogP contribution in [0, 0.1) is 11.8 Å². The van der Waals surface area contributed by atoms with E-state index in [1.165, 1.54) is 38.5 Å². The van der Waals surface area contributed by atoms with Crippen molar-refractivity contribution in [2.75, 3.05) is 19.7 Å². The highest BCUT2D eigenvalue weighted by atomic mass is 16.5. The van der Waals surface area contributed by atoms with Crippen LogP contribution in [0.1, 0.15) is 64.7 Å². The third-order valence-electron chi connectivity index (χ3n) is 4.83. The number of likely N-dealkylation sites (tertiary alicyclic amines) is 1. The zero-order chi connectivity index (χ0) is 15.1. The van der Waals surface area contributed by atoms with Gasteiger partial charge in [-0.3, -0.25) is 9.59 Å². The van der Waals surface area contributed by atoms with Crippen molar-refractivity contribution in [3.05, 3.63) is 0 Å². The molecule has 0 aromatic rings. The first-order valence-corrected chi connectivity index (χ1v) is 8.65. The highest BCUT2D eigenvalue weighted by molar-refractivity contribution is 5.78. The number of ether oxygens (including phenoxy) is 1. The number of esters is 1. The maximum atomic E-state index is 12.5. The molecule has 4 nitrogen and oxygen atoms in total. The summed E-state index contributed by atoms with van der Waals surface area (Å²) < 4.78 is 5.10. The smallest absolute Gasteiger partial charge is 0.310 e. The molecule has 0 unspecified atom stereocenters. The SMILES string of the molecule is CCOC(=O)[C@H]1CCCN(C(=O)CC2CCCCCC2)C1. The summed E-state index contributed by atoms with van der Waals surface area (Å²) in [5, 5.41) is 0. The van der Waals surface area contributed by atoms with Gasteiger partial charge in [0, 0.05) is 19.5 Å². The molecule has 1 saturated heterocycles. The number of carbonyl (C=O) groups excluding carboxylic acids is 2. The van der Waals surface area contributed by atoms with Gasteiger partial charge in [0.1, 0.15) is 0 Å². The second-order valence-electron chi connectivity index (χ2n) is 6.49. The van der Waals surface area contributed by atoms with Crippen molar-refractivity contribution in [1.29, 1.82) is 0 Å². The first-order valence-electron chi connectivity index (χ1n) is 8.65. The van der Waals surface area contributed by atoms with Crippen LogP contribution in [-0.4, -0.2) is 36.5 Å². The van der Waals surface area contributed by atoms with Crippen LogP contribution in [0.5, 0.6) is 0 Å². The zero-order valence-electron chi connectivity index (χ0n) is 13.3. The molecular weight excluding hydrogens is 266 g/mol. The third kappa shape index (κ3) is 5.01. The minimum absolute atomic E-state index is 0.114. The Kier molecular flexibility index (Phi) is 6.52. The van der Waals surface area contributed by atoms with Gasteiger partial charge in [0.05, 0.1) is 12.5 Å². The van der Waals surface area contributed by atoms with Gasteiger partial charge >= 0.3 is 5.97 Å². The summed E-state index contributed by atoms with van der Waals surface area (Å²) >= 11 is 0. The fourth-order valence-electron chi connectivity index (χ4n) is 3.60. The summed E-state index contributed by atoms with van der Waals surface area (Å²) in [7, 11) is 0. The zero-order valence-corrected chi connectivity index (χ0v) is 13.3. The molecule has 1 saturated carbocycles. The molecule has 1 heterocycles. The maximum absolute atomic E-state index is 12.5. The Labute approximate surface area is 128 Å². The fourth-order valence-corrected chi connectivity index (χ4v) is 3.60. The lowest BCUT2D eigenvalue weighted by Gasteiger charge is -2.32. The molecule has 1 atom stereocenters. The molecule has 1 amide bonds. The fraction of sp³-hybridized carbons (Fsp3) is 0.882. The van der Waals surface area contributed by atoms with Crippen LogP contribution in [-0.2, 0) is 14.3 Å². The summed E-state index contributed by atoms with van der Waals surface area (Å²) in [6.07, 6.45) is 10.0. The molecule has 0 aromatic heterocycles. The van der Waals surface area contributed by atoms with Crippen LogP contribution in [0.2, 0.25) is 0 Å². The number of hydrogen-bond acceptors (Lipinski definition) is 3. The molecule has 2 rings (SSSR count). The quantitative estimate of drug-likeness (QED) is 0.591. The average Bonchev–Trinajstić information content (AvgIpc) is 2.76. The first kappa shape index (κ1) is 16.3. The Morgan fingerprint density at radius 1 is 1.05 bits per heavy atom. The van der Waals surface area contributed by atoms with E-state index >= 15 is 0 Å². The molecular formula is C17H29NO3. The lowest BCUT2D eigenvalue weighted by molar-refractivity contribution is -0.151. The second kappa shape index (κ2) is 8.40. The molecule has 1 aliphatic carbocycles. The number of nitrogens with zero attached hydrogens (tertiary/aromatic N) is 1. The van der Waals surface area contributed by atoms with Crippen molar-refractivity contribution in [2.24, 2.45) is 11.8 Å². The monoisotopic (exact) mass is 295 g/mol. The van der Waals surface area contributed by atoms with E-state index < -0.39 is 0 Å². The molecule has 4 heteroatoms. The van der Waals surface area contributed by atoms with Crippen LogP contribution in [0.15, 0.2) is 0 Å². The Balaban J connectivity index is 1.82. The number of hydrogen-bond donors (Lipinski definition) is 0. The minimum Gasteiger partial charge on any atom is -0.466 e. The van der Waals surface area contributed by atoms with Gasteiger partial charge in [0.15, 0.2) is 0 Å². The van der Waals surface area contributed by atoms with E-state index in [4.69, 9.17) is 4.74 Å². The van der Waals surface area contributed by atoms with Crippen molar-refractivity contribution >= 4 is 11.9 Å². The van der Waals surface area contributed by atoms with Crippen LogP contribution in [0.3, 0.4) is 0 Å². The predicted octanol–water partition coefficient (Wildman–Crippen LogP) is 3.15. The van der Waals surface area contributed by atoms with E-state index in [0.29, 0.717) is 25.5 Å². The number of carbonyl (C=O) groups is 2. The van der Waals surface area contributed by atoms with Crippen molar-refractivity contribution in [3.63, 3.8) is 0 Å². The van der Waals surface area contributed by atoms with Crippen LogP contribution >= 0.6 is 0 Å². The Bertz CT molecular complexity index is 348. The lowest BCUT2D eigenvalue weighted by Crippen LogP contribution is -2.43. The topological polar surface area (TPSA) is 46.6 Å². The largest absolute Gasteiger partial charge is 0.466 e. The Hall–Kier alpha value is -1.06. The third-order valence-corrected chi connectivity index (χ3v) is 4.83. The molecule has 0 radical (unpaired) electrons. The van der Waals surface area contributed by atoms with Gasteiger partial charge in [-0.1, -0.05) is 25.7 Å². The highest BCUT2D eigenvalue weighted by Crippen LogP contribution is 2.27. The summed E-state index contributed by atoms with van der Waals surface area (Å²) in [5.41, 5.74) is 0. The number of amides is 1. The summed E-state index contributed by atoms with van der Waals surface area (Å²) in [6, 6.07) is 0. The summed E-state index contributed by atoms with van der Waals surface area (Å²) in [6.45, 7) is 3.62. The van der Waals surface area contributed by atoms with Crippen LogP contribution < -0.4 is 0 Å². The lowest BCUT2D eigenvalue weighted by atomic mass is 9.94. The molecule has 1 aliphatic heterocycles. The van der Waals surface area contributed by atoms with E-state index in [2.05, 4.69) is 0 Å². The van der Waals surface area contributed by atoms with E-state index in [1.807, 2.05) is 11.8 Å². The number of rotatable bonds is 4. The molecule has 21 heavy (non-hydrogen) atoms. The number of piperidine rings is 1. The van der Waals surface area contributed by atoms with Crippen molar-refractivity contribution in [1.82, 2.24) is 4.90 Å². The van der Waals surface area contributed by atoms with E-state index in [1.54, 1.807) is 0 Å². The van der Waals surface area contributed by atoms with Gasteiger partial charge in [0.2, 0.25) is 5.91 Å². The van der Waals surface area contributed by atoms with Crippen molar-refractivity contribution in [3.8, 4) is 0 Å². The summed E-state index contributed by atoms with van der Waals surface area (Å²) in [5.74, 6) is 0.556. The molecule has 2 fully saturated rings. The van der Waals surface area contributed by atoms with Crippen LogP contribution in [0.25, 0.3) is 0 Å². The Morgan fingerprint density at radius 3 is 2.43 bits per heavy atom. The molecule has 120 valence electrons. The van der Waals surface area contributed by atoms with Crippen molar-refractivity contribution < 1.29 is 14.3 Å².